The summed E-state index contributed by atoms with van der Waals surface area (Å²) in [6, 6.07) is 3.20. The molecule has 1 aromatic carbocycles. The zero-order valence-electron chi connectivity index (χ0n) is 7.22. The molecule has 1 aromatic rings. The number of phenolic OH excluding ortho intramolecular Hbond substituents is 1. The zero-order valence-corrected chi connectivity index (χ0v) is 8.73. The van der Waals surface area contributed by atoms with E-state index in [-0.39, 0.29) is 16.7 Å². The van der Waals surface area contributed by atoms with E-state index in [2.05, 4.69) is 6.58 Å². The Hall–Kier alpha value is -0.660. The number of benzene rings is 1. The lowest BCUT2D eigenvalue weighted by molar-refractivity contribution is 0.467. The highest BCUT2D eigenvalue weighted by molar-refractivity contribution is 6.35. The van der Waals surface area contributed by atoms with Gasteiger partial charge in [0.1, 0.15) is 5.75 Å². The van der Waals surface area contributed by atoms with Crippen molar-refractivity contribution in [2.75, 3.05) is 0 Å². The molecule has 1 unspecified atom stereocenters. The first-order chi connectivity index (χ1) is 6.06. The molecule has 3 heteroatoms. The standard InChI is InChI=1S/C10H10Cl2O/c1-3-6(2)8-4-7(11)5-9(12)10(8)13/h3-6,13H,1H2,2H3. The highest BCUT2D eigenvalue weighted by atomic mass is 35.5. The third-order valence-corrected chi connectivity index (χ3v) is 2.41. The van der Waals surface area contributed by atoms with Crippen LogP contribution in [-0.2, 0) is 0 Å². The second-order valence-corrected chi connectivity index (χ2v) is 3.69. The Morgan fingerprint density at radius 2 is 2.08 bits per heavy atom. The van der Waals surface area contributed by atoms with E-state index >= 15 is 0 Å². The lowest BCUT2D eigenvalue weighted by Gasteiger charge is -2.10. The van der Waals surface area contributed by atoms with Crippen LogP contribution in [0.3, 0.4) is 0 Å². The molecule has 0 amide bonds. The molecule has 13 heavy (non-hydrogen) atoms. The van der Waals surface area contributed by atoms with Crippen molar-refractivity contribution >= 4 is 23.2 Å². The van der Waals surface area contributed by atoms with E-state index in [9.17, 15) is 5.11 Å². The molecule has 0 saturated heterocycles. The van der Waals surface area contributed by atoms with E-state index in [1.54, 1.807) is 12.1 Å². The smallest absolute Gasteiger partial charge is 0.138 e. The van der Waals surface area contributed by atoms with Crippen LogP contribution < -0.4 is 0 Å². The van der Waals surface area contributed by atoms with Crippen molar-refractivity contribution in [3.05, 3.63) is 40.4 Å². The van der Waals surface area contributed by atoms with Gasteiger partial charge in [0.15, 0.2) is 0 Å². The van der Waals surface area contributed by atoms with Crippen LogP contribution in [0.5, 0.6) is 5.75 Å². The van der Waals surface area contributed by atoms with Crippen LogP contribution in [0, 0.1) is 0 Å². The van der Waals surface area contributed by atoms with Gasteiger partial charge in [-0.3, -0.25) is 0 Å². The molecule has 0 aliphatic carbocycles. The van der Waals surface area contributed by atoms with Gasteiger partial charge in [-0.2, -0.15) is 0 Å². The Bertz CT molecular complexity index is 334. The number of hydrogen-bond acceptors (Lipinski definition) is 1. The van der Waals surface area contributed by atoms with Gasteiger partial charge in [-0.15, -0.1) is 6.58 Å². The third-order valence-electron chi connectivity index (χ3n) is 1.90. The number of hydrogen-bond donors (Lipinski definition) is 1. The molecule has 0 saturated carbocycles. The van der Waals surface area contributed by atoms with Gasteiger partial charge < -0.3 is 5.11 Å². The highest BCUT2D eigenvalue weighted by Crippen LogP contribution is 2.35. The number of rotatable bonds is 2. The predicted octanol–water partition coefficient (Wildman–Crippen LogP) is 3.99. The molecule has 0 radical (unpaired) electrons. The summed E-state index contributed by atoms with van der Waals surface area (Å²) < 4.78 is 0. The fraction of sp³-hybridized carbons (Fsp3) is 0.200. The summed E-state index contributed by atoms with van der Waals surface area (Å²) >= 11 is 11.5. The van der Waals surface area contributed by atoms with Crippen molar-refractivity contribution in [2.45, 2.75) is 12.8 Å². The summed E-state index contributed by atoms with van der Waals surface area (Å²) in [5.41, 5.74) is 0.701. The summed E-state index contributed by atoms with van der Waals surface area (Å²) in [4.78, 5) is 0. The van der Waals surface area contributed by atoms with Gasteiger partial charge in [-0.1, -0.05) is 36.2 Å². The van der Waals surface area contributed by atoms with Crippen LogP contribution in [0.1, 0.15) is 18.4 Å². The average Bonchev–Trinajstić information content (AvgIpc) is 2.10. The van der Waals surface area contributed by atoms with Gasteiger partial charge >= 0.3 is 0 Å². The van der Waals surface area contributed by atoms with Gasteiger partial charge in [-0.25, -0.2) is 0 Å². The average molecular weight is 217 g/mol. The van der Waals surface area contributed by atoms with E-state index in [1.807, 2.05) is 6.92 Å². The fourth-order valence-electron chi connectivity index (χ4n) is 1.06. The Morgan fingerprint density at radius 3 is 2.62 bits per heavy atom. The summed E-state index contributed by atoms with van der Waals surface area (Å²) in [7, 11) is 0. The van der Waals surface area contributed by atoms with Gasteiger partial charge in [0.05, 0.1) is 5.02 Å². The minimum atomic E-state index is 0.0381. The van der Waals surface area contributed by atoms with Crippen molar-refractivity contribution < 1.29 is 5.11 Å². The van der Waals surface area contributed by atoms with Crippen LogP contribution in [0.15, 0.2) is 24.8 Å². The summed E-state index contributed by atoms with van der Waals surface area (Å²) in [6.07, 6.45) is 1.72. The maximum atomic E-state index is 9.59. The van der Waals surface area contributed by atoms with E-state index in [1.165, 1.54) is 6.07 Å². The quantitative estimate of drug-likeness (QED) is 0.742. The number of phenols is 1. The molecule has 0 aromatic heterocycles. The second-order valence-electron chi connectivity index (χ2n) is 2.85. The van der Waals surface area contributed by atoms with E-state index < -0.39 is 0 Å². The predicted molar refractivity (Wildman–Crippen MR) is 56.7 cm³/mol. The van der Waals surface area contributed by atoms with E-state index in [0.717, 1.165) is 0 Å². The maximum absolute atomic E-state index is 9.59. The Balaban J connectivity index is 3.27. The zero-order chi connectivity index (χ0) is 10.0. The largest absolute Gasteiger partial charge is 0.506 e. The normalized spacial score (nSPS) is 12.5. The first-order valence-corrected chi connectivity index (χ1v) is 4.62. The Morgan fingerprint density at radius 1 is 1.46 bits per heavy atom. The van der Waals surface area contributed by atoms with Crippen molar-refractivity contribution in [1.82, 2.24) is 0 Å². The molecular weight excluding hydrogens is 207 g/mol. The number of aromatic hydroxyl groups is 1. The van der Waals surface area contributed by atoms with E-state index in [4.69, 9.17) is 23.2 Å². The van der Waals surface area contributed by atoms with E-state index in [0.29, 0.717) is 10.6 Å². The molecule has 0 bridgehead atoms. The van der Waals surface area contributed by atoms with Crippen LogP contribution in [-0.4, -0.2) is 5.11 Å². The maximum Gasteiger partial charge on any atom is 0.138 e. The van der Waals surface area contributed by atoms with Crippen molar-refractivity contribution in [3.8, 4) is 5.75 Å². The lowest BCUT2D eigenvalue weighted by Crippen LogP contribution is -1.90. The molecule has 0 aliphatic heterocycles. The molecule has 1 rings (SSSR count). The minimum Gasteiger partial charge on any atom is -0.506 e. The van der Waals surface area contributed by atoms with Gasteiger partial charge in [-0.05, 0) is 12.1 Å². The topological polar surface area (TPSA) is 20.2 Å². The van der Waals surface area contributed by atoms with Gasteiger partial charge in [0.2, 0.25) is 0 Å². The van der Waals surface area contributed by atoms with Crippen LogP contribution in [0.25, 0.3) is 0 Å². The fourth-order valence-corrected chi connectivity index (χ4v) is 1.57. The molecule has 0 spiro atoms. The van der Waals surface area contributed by atoms with Crippen LogP contribution >= 0.6 is 23.2 Å². The Labute approximate surface area is 87.6 Å². The number of halogens is 2. The Kier molecular flexibility index (Phi) is 3.23. The molecule has 0 aliphatic rings. The second kappa shape index (κ2) is 4.03. The molecule has 70 valence electrons. The number of allylic oxidation sites excluding steroid dienone is 1. The minimum absolute atomic E-state index is 0.0381. The van der Waals surface area contributed by atoms with Crippen molar-refractivity contribution in [1.29, 1.82) is 0 Å². The lowest BCUT2D eigenvalue weighted by atomic mass is 10.0. The van der Waals surface area contributed by atoms with Crippen molar-refractivity contribution in [3.63, 3.8) is 0 Å². The SMILES string of the molecule is C=CC(C)c1cc(Cl)cc(Cl)c1O. The van der Waals surface area contributed by atoms with Gasteiger partial charge in [0.25, 0.3) is 0 Å². The van der Waals surface area contributed by atoms with Crippen LogP contribution in [0.2, 0.25) is 10.0 Å². The van der Waals surface area contributed by atoms with Crippen LogP contribution in [0.4, 0.5) is 0 Å². The molecule has 1 nitrogen and oxygen atoms in total. The monoisotopic (exact) mass is 216 g/mol. The summed E-state index contributed by atoms with van der Waals surface area (Å²) in [6.45, 7) is 5.55. The summed E-state index contributed by atoms with van der Waals surface area (Å²) in [5, 5.41) is 10.4. The first-order valence-electron chi connectivity index (χ1n) is 3.86. The van der Waals surface area contributed by atoms with Gasteiger partial charge in [0, 0.05) is 16.5 Å². The first kappa shape index (κ1) is 10.4. The molecule has 0 fully saturated rings. The molecule has 0 heterocycles. The third kappa shape index (κ3) is 2.17. The molecule has 1 N–H and O–H groups in total. The molecular formula is C10H10Cl2O. The highest BCUT2D eigenvalue weighted by Gasteiger charge is 2.11. The molecule has 1 atom stereocenters. The summed E-state index contributed by atoms with van der Waals surface area (Å²) in [5.74, 6) is 0.120. The van der Waals surface area contributed by atoms with Crippen molar-refractivity contribution in [2.24, 2.45) is 0 Å².